The normalized spacial score (nSPS) is 11.5. The van der Waals surface area contributed by atoms with Crippen LogP contribution in [0.5, 0.6) is 0 Å². The van der Waals surface area contributed by atoms with Crippen molar-refractivity contribution in [2.75, 3.05) is 0 Å². The van der Waals surface area contributed by atoms with Crippen LogP contribution in [0.1, 0.15) is 17.5 Å². The number of hydrogen-bond acceptors (Lipinski definition) is 0. The molecule has 102 valence electrons. The molecule has 0 radical (unpaired) electrons. The minimum atomic E-state index is 0.864. The van der Waals surface area contributed by atoms with E-state index >= 15 is 0 Å². The molecule has 0 bridgehead atoms. The van der Waals surface area contributed by atoms with Crippen molar-refractivity contribution in [2.45, 2.75) is 6.42 Å². The molecule has 3 aromatic rings. The summed E-state index contributed by atoms with van der Waals surface area (Å²) in [6, 6.07) is 25.5. The fourth-order valence-corrected chi connectivity index (χ4v) is 2.66. The summed E-state index contributed by atoms with van der Waals surface area (Å²) in [7, 11) is 0. The first-order chi connectivity index (χ1) is 10.4. The summed E-state index contributed by atoms with van der Waals surface area (Å²) in [6.45, 7) is 3.91. The number of allylic oxidation sites excluding steroid dienone is 2. The third-order valence-corrected chi connectivity index (χ3v) is 3.64. The van der Waals surface area contributed by atoms with Gasteiger partial charge in [0.05, 0.1) is 0 Å². The Morgan fingerprint density at radius 1 is 0.810 bits per heavy atom. The van der Waals surface area contributed by atoms with E-state index in [4.69, 9.17) is 0 Å². The van der Waals surface area contributed by atoms with Crippen LogP contribution in [0.3, 0.4) is 0 Å². The molecule has 0 heteroatoms. The second-order valence-corrected chi connectivity index (χ2v) is 5.10. The molecule has 0 saturated heterocycles. The maximum absolute atomic E-state index is 3.91. The molecule has 0 aliphatic carbocycles. The first kappa shape index (κ1) is 13.4. The van der Waals surface area contributed by atoms with Crippen LogP contribution in [0.15, 0.2) is 85.5 Å². The predicted molar refractivity (Wildman–Crippen MR) is 93.1 cm³/mol. The Kier molecular flexibility index (Phi) is 3.97. The molecule has 21 heavy (non-hydrogen) atoms. The van der Waals surface area contributed by atoms with E-state index in [-0.39, 0.29) is 0 Å². The van der Waals surface area contributed by atoms with E-state index in [9.17, 15) is 0 Å². The molecule has 0 aliphatic heterocycles. The molecule has 0 atom stereocenters. The lowest BCUT2D eigenvalue weighted by Gasteiger charge is -2.10. The summed E-state index contributed by atoms with van der Waals surface area (Å²) in [4.78, 5) is 0. The van der Waals surface area contributed by atoms with Gasteiger partial charge < -0.3 is 0 Å². The average Bonchev–Trinajstić information content (AvgIpc) is 2.55. The molecule has 0 fully saturated rings. The number of rotatable bonds is 4. The van der Waals surface area contributed by atoms with Crippen LogP contribution >= 0.6 is 0 Å². The summed E-state index contributed by atoms with van der Waals surface area (Å²) >= 11 is 0. The fraction of sp³-hybridized carbons (Fsp3) is 0.0476. The van der Waals surface area contributed by atoms with Crippen molar-refractivity contribution < 1.29 is 0 Å². The molecule has 0 spiro atoms. The van der Waals surface area contributed by atoms with Crippen molar-refractivity contribution in [3.05, 3.63) is 96.6 Å². The maximum atomic E-state index is 3.91. The van der Waals surface area contributed by atoms with E-state index in [1.54, 1.807) is 0 Å². The third-order valence-electron chi connectivity index (χ3n) is 3.64. The molecule has 0 unspecified atom stereocenters. The highest BCUT2D eigenvalue weighted by Gasteiger charge is 2.05. The second kappa shape index (κ2) is 6.23. The van der Waals surface area contributed by atoms with Crippen LogP contribution in [0.25, 0.3) is 22.4 Å². The van der Waals surface area contributed by atoms with Gasteiger partial charge >= 0.3 is 0 Å². The zero-order valence-electron chi connectivity index (χ0n) is 12.0. The quantitative estimate of drug-likeness (QED) is 0.405. The van der Waals surface area contributed by atoms with Gasteiger partial charge in [0.15, 0.2) is 0 Å². The lowest BCUT2D eigenvalue weighted by molar-refractivity contribution is 1.42. The van der Waals surface area contributed by atoms with Crippen molar-refractivity contribution in [1.82, 2.24) is 0 Å². The Hall–Kier alpha value is -2.60. The van der Waals surface area contributed by atoms with Gasteiger partial charge in [-0.2, -0.15) is 0 Å². The molecule has 0 amide bonds. The molecule has 0 saturated carbocycles. The summed E-state index contributed by atoms with van der Waals surface area (Å²) in [5.74, 6) is 0. The molecule has 0 aromatic heterocycles. The fourth-order valence-electron chi connectivity index (χ4n) is 2.66. The average molecular weight is 270 g/mol. The molecule has 0 N–H and O–H groups in total. The van der Waals surface area contributed by atoms with Gasteiger partial charge in [-0.3, -0.25) is 0 Å². The molecule has 3 aromatic carbocycles. The van der Waals surface area contributed by atoms with Crippen LogP contribution in [0.2, 0.25) is 0 Å². The molecular formula is C21H18. The summed E-state index contributed by atoms with van der Waals surface area (Å²) in [5, 5.41) is 2.57. The Balaban J connectivity index is 2.16. The van der Waals surface area contributed by atoms with E-state index in [0.717, 1.165) is 6.42 Å². The van der Waals surface area contributed by atoms with Crippen LogP contribution in [-0.4, -0.2) is 0 Å². The summed E-state index contributed by atoms with van der Waals surface area (Å²) < 4.78 is 0. The maximum Gasteiger partial charge on any atom is -0.00938 e. The minimum Gasteiger partial charge on any atom is -0.103 e. The summed E-state index contributed by atoms with van der Waals surface area (Å²) in [6.07, 6.45) is 5.09. The Bertz CT molecular complexity index is 774. The third kappa shape index (κ3) is 2.95. The van der Waals surface area contributed by atoms with Crippen LogP contribution in [0.4, 0.5) is 0 Å². The number of hydrogen-bond donors (Lipinski definition) is 0. The lowest BCUT2D eigenvalue weighted by Crippen LogP contribution is -1.86. The zero-order valence-corrected chi connectivity index (χ0v) is 12.0. The molecule has 0 nitrogen and oxygen atoms in total. The largest absolute Gasteiger partial charge is 0.103 e. The van der Waals surface area contributed by atoms with Gasteiger partial charge in [-0.25, -0.2) is 0 Å². The van der Waals surface area contributed by atoms with Crippen LogP contribution in [-0.2, 0) is 0 Å². The first-order valence-corrected chi connectivity index (χ1v) is 7.23. The van der Waals surface area contributed by atoms with Gasteiger partial charge in [0.25, 0.3) is 0 Å². The van der Waals surface area contributed by atoms with Crippen molar-refractivity contribution in [1.29, 1.82) is 0 Å². The van der Waals surface area contributed by atoms with Crippen molar-refractivity contribution >= 4 is 22.4 Å². The number of fused-ring (bicyclic) bond motifs is 1. The predicted octanol–water partition coefficient (Wildman–Crippen LogP) is 5.96. The monoisotopic (exact) mass is 270 g/mol. The number of benzene rings is 3. The van der Waals surface area contributed by atoms with E-state index in [0.29, 0.717) is 0 Å². The lowest BCUT2D eigenvalue weighted by atomic mass is 9.94. The molecule has 3 rings (SSSR count). The van der Waals surface area contributed by atoms with Crippen molar-refractivity contribution in [2.24, 2.45) is 0 Å². The topological polar surface area (TPSA) is 0 Å². The van der Waals surface area contributed by atoms with Crippen molar-refractivity contribution in [3.63, 3.8) is 0 Å². The first-order valence-electron chi connectivity index (χ1n) is 7.23. The standard InChI is InChI=1S/C21H18/c1-2-9-19(16-17-10-4-3-5-11-17)21-15-8-13-18-12-6-7-14-20(18)21/h2-8,10-16H,1,9H2/b19-16+. The van der Waals surface area contributed by atoms with Gasteiger partial charge in [0, 0.05) is 0 Å². The second-order valence-electron chi connectivity index (χ2n) is 5.10. The van der Waals surface area contributed by atoms with E-state index in [1.165, 1.54) is 27.5 Å². The highest BCUT2D eigenvalue weighted by atomic mass is 14.1. The zero-order chi connectivity index (χ0) is 14.5. The van der Waals surface area contributed by atoms with E-state index in [2.05, 4.69) is 79.4 Å². The van der Waals surface area contributed by atoms with E-state index < -0.39 is 0 Å². The SMILES string of the molecule is C=CC/C(=C\c1ccccc1)c1cccc2ccccc12. The Morgan fingerprint density at radius 3 is 2.33 bits per heavy atom. The molecule has 0 aliphatic rings. The minimum absolute atomic E-state index is 0.864. The molecular weight excluding hydrogens is 252 g/mol. The highest BCUT2D eigenvalue weighted by Crippen LogP contribution is 2.29. The van der Waals surface area contributed by atoms with Crippen molar-refractivity contribution in [3.8, 4) is 0 Å². The van der Waals surface area contributed by atoms with Crippen LogP contribution < -0.4 is 0 Å². The Labute approximate surface area is 126 Å². The van der Waals surface area contributed by atoms with Crippen LogP contribution in [0, 0.1) is 0 Å². The Morgan fingerprint density at radius 2 is 1.52 bits per heavy atom. The van der Waals surface area contributed by atoms with E-state index in [1.807, 2.05) is 12.1 Å². The molecule has 0 heterocycles. The van der Waals surface area contributed by atoms with Gasteiger partial charge in [0.1, 0.15) is 0 Å². The van der Waals surface area contributed by atoms with Gasteiger partial charge in [-0.1, -0.05) is 84.9 Å². The van der Waals surface area contributed by atoms with Gasteiger partial charge in [0.2, 0.25) is 0 Å². The summed E-state index contributed by atoms with van der Waals surface area (Å²) in [5.41, 5.74) is 3.81. The van der Waals surface area contributed by atoms with Gasteiger partial charge in [-0.15, -0.1) is 6.58 Å². The highest BCUT2D eigenvalue weighted by molar-refractivity contribution is 5.97. The van der Waals surface area contributed by atoms with Gasteiger partial charge in [-0.05, 0) is 33.9 Å². The smallest absolute Gasteiger partial charge is 0.00938 e.